The van der Waals surface area contributed by atoms with Crippen LogP contribution in [-0.4, -0.2) is 9.78 Å². The molecule has 2 aromatic carbocycles. The molecule has 19 heavy (non-hydrogen) atoms. The van der Waals surface area contributed by atoms with Gasteiger partial charge >= 0.3 is 0 Å². The van der Waals surface area contributed by atoms with Crippen molar-refractivity contribution in [3.63, 3.8) is 0 Å². The van der Waals surface area contributed by atoms with Gasteiger partial charge in [0.2, 0.25) is 0 Å². The van der Waals surface area contributed by atoms with Crippen LogP contribution in [0, 0.1) is 0 Å². The number of hydrogen-bond donors (Lipinski definition) is 1. The molecule has 3 aromatic rings. The van der Waals surface area contributed by atoms with Crippen LogP contribution in [0.1, 0.15) is 19.9 Å². The molecule has 1 N–H and O–H groups in total. The standard InChI is InChI=1S/C16H17N3/c1-12(2)19-11-16(10-17-19)18-15-8-7-13-5-3-4-6-14(13)9-15/h3-12,18H,1-2H3. The molecule has 0 radical (unpaired) electrons. The highest BCUT2D eigenvalue weighted by Gasteiger charge is 2.02. The second-order valence-corrected chi connectivity index (χ2v) is 4.99. The van der Waals surface area contributed by atoms with E-state index in [1.165, 1.54) is 10.8 Å². The number of benzene rings is 2. The van der Waals surface area contributed by atoms with E-state index in [1.807, 2.05) is 17.1 Å². The lowest BCUT2D eigenvalue weighted by Gasteiger charge is -2.06. The summed E-state index contributed by atoms with van der Waals surface area (Å²) in [6.45, 7) is 4.24. The van der Waals surface area contributed by atoms with Gasteiger partial charge in [0.1, 0.15) is 0 Å². The minimum Gasteiger partial charge on any atom is -0.353 e. The predicted octanol–water partition coefficient (Wildman–Crippen LogP) is 4.36. The topological polar surface area (TPSA) is 29.9 Å². The molecule has 0 aliphatic rings. The maximum Gasteiger partial charge on any atom is 0.0770 e. The monoisotopic (exact) mass is 251 g/mol. The highest BCUT2D eigenvalue weighted by atomic mass is 15.3. The molecule has 0 spiro atoms. The summed E-state index contributed by atoms with van der Waals surface area (Å²) < 4.78 is 1.95. The molecule has 3 nitrogen and oxygen atoms in total. The van der Waals surface area contributed by atoms with Crippen LogP contribution >= 0.6 is 0 Å². The molecule has 0 bridgehead atoms. The molecular formula is C16H17N3. The van der Waals surface area contributed by atoms with E-state index in [9.17, 15) is 0 Å². The summed E-state index contributed by atoms with van der Waals surface area (Å²) in [5, 5.41) is 10.2. The Labute approximate surface area is 112 Å². The minimum absolute atomic E-state index is 0.382. The SMILES string of the molecule is CC(C)n1cc(Nc2ccc3ccccc3c2)cn1. The molecule has 0 fully saturated rings. The Hall–Kier alpha value is -2.29. The Morgan fingerprint density at radius 1 is 1.00 bits per heavy atom. The molecule has 0 amide bonds. The zero-order valence-electron chi connectivity index (χ0n) is 11.2. The lowest BCUT2D eigenvalue weighted by molar-refractivity contribution is 0.532. The second kappa shape index (κ2) is 4.76. The summed E-state index contributed by atoms with van der Waals surface area (Å²) in [7, 11) is 0. The summed E-state index contributed by atoms with van der Waals surface area (Å²) >= 11 is 0. The highest BCUT2D eigenvalue weighted by molar-refractivity contribution is 5.86. The quantitative estimate of drug-likeness (QED) is 0.749. The number of nitrogens with one attached hydrogen (secondary N) is 1. The summed E-state index contributed by atoms with van der Waals surface area (Å²) in [5.41, 5.74) is 2.10. The first kappa shape index (κ1) is 11.8. The first-order valence-corrected chi connectivity index (χ1v) is 6.52. The summed E-state index contributed by atoms with van der Waals surface area (Å²) in [5.74, 6) is 0. The smallest absolute Gasteiger partial charge is 0.0770 e. The van der Waals surface area contributed by atoms with Crippen molar-refractivity contribution < 1.29 is 0 Å². The largest absolute Gasteiger partial charge is 0.353 e. The Bertz CT molecular complexity index is 698. The van der Waals surface area contributed by atoms with Crippen molar-refractivity contribution in [2.45, 2.75) is 19.9 Å². The molecule has 1 aromatic heterocycles. The van der Waals surface area contributed by atoms with Gasteiger partial charge in [-0.3, -0.25) is 4.68 Å². The summed E-state index contributed by atoms with van der Waals surface area (Å²) in [6.07, 6.45) is 3.88. The number of rotatable bonds is 3. The van der Waals surface area contributed by atoms with Crippen molar-refractivity contribution in [1.29, 1.82) is 0 Å². The molecule has 0 saturated carbocycles. The van der Waals surface area contributed by atoms with Crippen LogP contribution < -0.4 is 5.32 Å². The Morgan fingerprint density at radius 3 is 2.53 bits per heavy atom. The third-order valence-electron chi connectivity index (χ3n) is 3.17. The molecule has 0 aliphatic heterocycles. The highest BCUT2D eigenvalue weighted by Crippen LogP contribution is 2.22. The van der Waals surface area contributed by atoms with Gasteiger partial charge in [0.25, 0.3) is 0 Å². The zero-order chi connectivity index (χ0) is 13.2. The Balaban J connectivity index is 1.87. The van der Waals surface area contributed by atoms with Gasteiger partial charge in [-0.25, -0.2) is 0 Å². The van der Waals surface area contributed by atoms with E-state index in [1.54, 1.807) is 0 Å². The second-order valence-electron chi connectivity index (χ2n) is 4.99. The molecule has 3 heteroatoms. The first-order chi connectivity index (χ1) is 9.22. The first-order valence-electron chi connectivity index (χ1n) is 6.52. The number of hydrogen-bond acceptors (Lipinski definition) is 2. The molecule has 1 heterocycles. The van der Waals surface area contributed by atoms with Gasteiger partial charge in [0, 0.05) is 17.9 Å². The Morgan fingerprint density at radius 2 is 1.79 bits per heavy atom. The zero-order valence-corrected chi connectivity index (χ0v) is 11.2. The molecule has 0 atom stereocenters. The maximum atomic E-state index is 4.33. The van der Waals surface area contributed by atoms with Crippen LogP contribution in [0.2, 0.25) is 0 Å². The lowest BCUT2D eigenvalue weighted by Crippen LogP contribution is -1.99. The van der Waals surface area contributed by atoms with E-state index in [0.29, 0.717) is 6.04 Å². The van der Waals surface area contributed by atoms with Crippen molar-refractivity contribution in [2.24, 2.45) is 0 Å². The van der Waals surface area contributed by atoms with E-state index < -0.39 is 0 Å². The average molecular weight is 251 g/mol. The lowest BCUT2D eigenvalue weighted by atomic mass is 10.1. The number of fused-ring (bicyclic) bond motifs is 1. The van der Waals surface area contributed by atoms with Crippen LogP contribution in [-0.2, 0) is 0 Å². The van der Waals surface area contributed by atoms with Crippen LogP contribution in [0.5, 0.6) is 0 Å². The number of aromatic nitrogens is 2. The van der Waals surface area contributed by atoms with Gasteiger partial charge in [-0.1, -0.05) is 30.3 Å². The van der Waals surface area contributed by atoms with Gasteiger partial charge in [0.15, 0.2) is 0 Å². The van der Waals surface area contributed by atoms with E-state index in [-0.39, 0.29) is 0 Å². The average Bonchev–Trinajstić information content (AvgIpc) is 2.87. The summed E-state index contributed by atoms with van der Waals surface area (Å²) in [6, 6.07) is 15.1. The van der Waals surface area contributed by atoms with E-state index >= 15 is 0 Å². The van der Waals surface area contributed by atoms with Gasteiger partial charge in [-0.2, -0.15) is 5.10 Å². The maximum absolute atomic E-state index is 4.33. The summed E-state index contributed by atoms with van der Waals surface area (Å²) in [4.78, 5) is 0. The van der Waals surface area contributed by atoms with E-state index in [4.69, 9.17) is 0 Å². The third kappa shape index (κ3) is 2.45. The van der Waals surface area contributed by atoms with Crippen molar-refractivity contribution in [1.82, 2.24) is 9.78 Å². The van der Waals surface area contributed by atoms with Gasteiger partial charge in [-0.05, 0) is 36.8 Å². The predicted molar refractivity (Wildman–Crippen MR) is 79.8 cm³/mol. The van der Waals surface area contributed by atoms with Crippen molar-refractivity contribution >= 4 is 22.1 Å². The molecule has 3 rings (SSSR count). The molecule has 0 unspecified atom stereocenters. The van der Waals surface area contributed by atoms with Gasteiger partial charge in [-0.15, -0.1) is 0 Å². The van der Waals surface area contributed by atoms with E-state index in [2.05, 4.69) is 66.7 Å². The van der Waals surface area contributed by atoms with Crippen LogP contribution in [0.25, 0.3) is 10.8 Å². The fraction of sp³-hybridized carbons (Fsp3) is 0.188. The molecule has 96 valence electrons. The van der Waals surface area contributed by atoms with Gasteiger partial charge < -0.3 is 5.32 Å². The van der Waals surface area contributed by atoms with Crippen LogP contribution in [0.3, 0.4) is 0 Å². The Kier molecular flexibility index (Phi) is 2.95. The van der Waals surface area contributed by atoms with E-state index in [0.717, 1.165) is 11.4 Å². The fourth-order valence-electron chi connectivity index (χ4n) is 2.12. The fourth-order valence-corrected chi connectivity index (χ4v) is 2.12. The van der Waals surface area contributed by atoms with Gasteiger partial charge in [0.05, 0.1) is 11.9 Å². The van der Waals surface area contributed by atoms with Crippen molar-refractivity contribution in [3.8, 4) is 0 Å². The molecule has 0 aliphatic carbocycles. The third-order valence-corrected chi connectivity index (χ3v) is 3.17. The number of anilines is 2. The molecular weight excluding hydrogens is 234 g/mol. The minimum atomic E-state index is 0.382. The molecule has 0 saturated heterocycles. The normalized spacial score (nSPS) is 11.1. The van der Waals surface area contributed by atoms with Crippen molar-refractivity contribution in [2.75, 3.05) is 5.32 Å². The van der Waals surface area contributed by atoms with Crippen molar-refractivity contribution in [3.05, 3.63) is 54.9 Å². The van der Waals surface area contributed by atoms with Crippen LogP contribution in [0.15, 0.2) is 54.9 Å². The number of nitrogens with zero attached hydrogens (tertiary/aromatic N) is 2. The van der Waals surface area contributed by atoms with Crippen LogP contribution in [0.4, 0.5) is 11.4 Å².